The Morgan fingerprint density at radius 1 is 1.12 bits per heavy atom. The standard InChI is InChI=1S/C20H21NO2S2/c1-14-11-18(15(2)25-14)20(22)21(13-17-8-6-10-24-17)12-16-7-4-5-9-19(16)23-3/h4-11H,12-13H2,1-3H3. The third kappa shape index (κ3) is 4.11. The molecule has 0 aliphatic rings. The van der Waals surface area contributed by atoms with Crippen LogP contribution in [0.25, 0.3) is 0 Å². The number of ether oxygens (including phenoxy) is 1. The molecule has 0 aliphatic carbocycles. The Labute approximate surface area is 156 Å². The third-order valence-corrected chi connectivity index (χ3v) is 5.87. The second-order valence-corrected chi connectivity index (χ2v) is 8.37. The van der Waals surface area contributed by atoms with E-state index in [1.54, 1.807) is 29.8 Å². The van der Waals surface area contributed by atoms with Crippen molar-refractivity contribution in [2.75, 3.05) is 7.11 Å². The molecule has 1 amide bonds. The molecule has 0 bridgehead atoms. The van der Waals surface area contributed by atoms with Gasteiger partial charge in [0, 0.05) is 20.2 Å². The zero-order valence-corrected chi connectivity index (χ0v) is 16.2. The molecule has 3 nitrogen and oxygen atoms in total. The van der Waals surface area contributed by atoms with Crippen molar-refractivity contribution in [3.05, 3.63) is 73.6 Å². The van der Waals surface area contributed by atoms with Crippen LogP contribution in [0.4, 0.5) is 0 Å². The number of para-hydroxylation sites is 1. The molecule has 0 aliphatic heterocycles. The second-order valence-electron chi connectivity index (χ2n) is 5.88. The molecular formula is C20H21NO2S2. The molecule has 25 heavy (non-hydrogen) atoms. The molecule has 0 fully saturated rings. The normalized spacial score (nSPS) is 10.7. The second kappa shape index (κ2) is 7.85. The SMILES string of the molecule is COc1ccccc1CN(Cc1cccs1)C(=O)c1cc(C)sc1C. The largest absolute Gasteiger partial charge is 0.496 e. The molecule has 0 saturated carbocycles. The number of carbonyl (C=O) groups excluding carboxylic acids is 1. The van der Waals surface area contributed by atoms with Crippen LogP contribution < -0.4 is 4.74 Å². The smallest absolute Gasteiger partial charge is 0.255 e. The molecular weight excluding hydrogens is 350 g/mol. The number of hydrogen-bond acceptors (Lipinski definition) is 4. The number of nitrogens with zero attached hydrogens (tertiary/aromatic N) is 1. The highest BCUT2D eigenvalue weighted by molar-refractivity contribution is 7.12. The van der Waals surface area contributed by atoms with Crippen LogP contribution in [-0.4, -0.2) is 17.9 Å². The van der Waals surface area contributed by atoms with E-state index in [9.17, 15) is 4.79 Å². The first kappa shape index (κ1) is 17.7. The minimum atomic E-state index is 0.0705. The van der Waals surface area contributed by atoms with E-state index in [0.29, 0.717) is 13.1 Å². The predicted molar refractivity (Wildman–Crippen MR) is 105 cm³/mol. The third-order valence-electron chi connectivity index (χ3n) is 4.04. The van der Waals surface area contributed by atoms with Crippen molar-refractivity contribution in [3.8, 4) is 5.75 Å². The fourth-order valence-corrected chi connectivity index (χ4v) is 4.48. The van der Waals surface area contributed by atoms with E-state index in [4.69, 9.17) is 4.74 Å². The molecule has 0 spiro atoms. The Bertz CT molecular complexity index is 852. The summed E-state index contributed by atoms with van der Waals surface area (Å²) in [6, 6.07) is 13.9. The van der Waals surface area contributed by atoms with Gasteiger partial charge in [0.05, 0.1) is 25.8 Å². The Balaban J connectivity index is 1.92. The van der Waals surface area contributed by atoms with Crippen LogP contribution >= 0.6 is 22.7 Å². The summed E-state index contributed by atoms with van der Waals surface area (Å²) in [7, 11) is 1.66. The van der Waals surface area contributed by atoms with E-state index in [1.165, 1.54) is 4.88 Å². The van der Waals surface area contributed by atoms with Crippen LogP contribution in [0, 0.1) is 13.8 Å². The van der Waals surface area contributed by atoms with Crippen molar-refractivity contribution in [2.45, 2.75) is 26.9 Å². The first-order chi connectivity index (χ1) is 12.1. The highest BCUT2D eigenvalue weighted by Crippen LogP contribution is 2.26. The number of thiophene rings is 2. The number of amides is 1. The molecule has 3 aromatic rings. The number of hydrogen-bond donors (Lipinski definition) is 0. The van der Waals surface area contributed by atoms with Crippen LogP contribution in [0.15, 0.2) is 47.8 Å². The van der Waals surface area contributed by atoms with Crippen LogP contribution in [0.1, 0.15) is 30.6 Å². The summed E-state index contributed by atoms with van der Waals surface area (Å²) in [4.78, 5) is 18.5. The lowest BCUT2D eigenvalue weighted by Crippen LogP contribution is -2.30. The Morgan fingerprint density at radius 2 is 1.92 bits per heavy atom. The topological polar surface area (TPSA) is 29.5 Å². The minimum absolute atomic E-state index is 0.0705. The van der Waals surface area contributed by atoms with Crippen molar-refractivity contribution < 1.29 is 9.53 Å². The highest BCUT2D eigenvalue weighted by atomic mass is 32.1. The van der Waals surface area contributed by atoms with Crippen LogP contribution in [0.2, 0.25) is 0 Å². The van der Waals surface area contributed by atoms with Crippen LogP contribution in [0.3, 0.4) is 0 Å². The molecule has 0 N–H and O–H groups in total. The van der Waals surface area contributed by atoms with Gasteiger partial charge in [0.1, 0.15) is 5.75 Å². The lowest BCUT2D eigenvalue weighted by molar-refractivity contribution is 0.0730. The Kier molecular flexibility index (Phi) is 5.56. The summed E-state index contributed by atoms with van der Waals surface area (Å²) >= 11 is 3.34. The summed E-state index contributed by atoms with van der Waals surface area (Å²) in [5.41, 5.74) is 1.81. The lowest BCUT2D eigenvalue weighted by atomic mass is 10.1. The van der Waals surface area contributed by atoms with E-state index < -0.39 is 0 Å². The van der Waals surface area contributed by atoms with Gasteiger partial charge in [-0.15, -0.1) is 22.7 Å². The minimum Gasteiger partial charge on any atom is -0.496 e. The van der Waals surface area contributed by atoms with Gasteiger partial charge >= 0.3 is 0 Å². The maximum Gasteiger partial charge on any atom is 0.255 e. The molecule has 0 unspecified atom stereocenters. The van der Waals surface area contributed by atoms with Crippen molar-refractivity contribution in [1.82, 2.24) is 4.90 Å². The summed E-state index contributed by atoms with van der Waals surface area (Å²) in [6.07, 6.45) is 0. The fraction of sp³-hybridized carbons (Fsp3) is 0.250. The zero-order chi connectivity index (χ0) is 17.8. The van der Waals surface area contributed by atoms with E-state index in [-0.39, 0.29) is 5.91 Å². The number of aryl methyl sites for hydroxylation is 2. The molecule has 130 valence electrons. The van der Waals surface area contributed by atoms with E-state index >= 15 is 0 Å². The summed E-state index contributed by atoms with van der Waals surface area (Å²) in [5.74, 6) is 0.880. The Hall–Kier alpha value is -2.11. The molecule has 5 heteroatoms. The first-order valence-electron chi connectivity index (χ1n) is 8.09. The average Bonchev–Trinajstić information content (AvgIpc) is 3.23. The van der Waals surface area contributed by atoms with Gasteiger partial charge in [0.15, 0.2) is 0 Å². The van der Waals surface area contributed by atoms with Gasteiger partial charge in [-0.3, -0.25) is 4.79 Å². The Morgan fingerprint density at radius 3 is 2.56 bits per heavy atom. The van der Waals surface area contributed by atoms with Crippen LogP contribution in [-0.2, 0) is 13.1 Å². The van der Waals surface area contributed by atoms with E-state index in [0.717, 1.165) is 26.6 Å². The van der Waals surface area contributed by atoms with Gasteiger partial charge in [0.2, 0.25) is 0 Å². The van der Waals surface area contributed by atoms with Crippen LogP contribution in [0.5, 0.6) is 5.75 Å². The number of methoxy groups -OCH3 is 1. The van der Waals surface area contributed by atoms with E-state index in [1.807, 2.05) is 60.5 Å². The predicted octanol–water partition coefficient (Wildman–Crippen LogP) is 5.28. The highest BCUT2D eigenvalue weighted by Gasteiger charge is 2.21. The van der Waals surface area contributed by atoms with Crippen molar-refractivity contribution in [1.29, 1.82) is 0 Å². The van der Waals surface area contributed by atoms with Gasteiger partial charge in [-0.2, -0.15) is 0 Å². The van der Waals surface area contributed by atoms with Gasteiger partial charge in [-0.1, -0.05) is 24.3 Å². The molecule has 2 heterocycles. The monoisotopic (exact) mass is 371 g/mol. The van der Waals surface area contributed by atoms with Crippen molar-refractivity contribution in [3.63, 3.8) is 0 Å². The van der Waals surface area contributed by atoms with Crippen molar-refractivity contribution in [2.24, 2.45) is 0 Å². The van der Waals surface area contributed by atoms with Crippen molar-refractivity contribution >= 4 is 28.6 Å². The number of benzene rings is 1. The average molecular weight is 372 g/mol. The molecule has 1 aromatic carbocycles. The molecule has 0 saturated heterocycles. The maximum absolute atomic E-state index is 13.2. The maximum atomic E-state index is 13.2. The van der Waals surface area contributed by atoms with E-state index in [2.05, 4.69) is 6.07 Å². The molecule has 0 atom stereocenters. The summed E-state index contributed by atoms with van der Waals surface area (Å²) < 4.78 is 5.46. The molecule has 0 radical (unpaired) electrons. The summed E-state index contributed by atoms with van der Waals surface area (Å²) in [5, 5.41) is 2.04. The molecule has 3 rings (SSSR count). The zero-order valence-electron chi connectivity index (χ0n) is 14.6. The first-order valence-corrected chi connectivity index (χ1v) is 9.78. The van der Waals surface area contributed by atoms with Gasteiger partial charge in [-0.05, 0) is 37.4 Å². The number of carbonyl (C=O) groups is 1. The lowest BCUT2D eigenvalue weighted by Gasteiger charge is -2.23. The van der Waals surface area contributed by atoms with Gasteiger partial charge in [0.25, 0.3) is 5.91 Å². The fourth-order valence-electron chi connectivity index (χ4n) is 2.84. The van der Waals surface area contributed by atoms with Gasteiger partial charge < -0.3 is 9.64 Å². The summed E-state index contributed by atoms with van der Waals surface area (Å²) in [6.45, 7) is 5.17. The number of rotatable bonds is 6. The molecule has 2 aromatic heterocycles. The quantitative estimate of drug-likeness (QED) is 0.590. The van der Waals surface area contributed by atoms with Gasteiger partial charge in [-0.25, -0.2) is 0 Å².